The van der Waals surface area contributed by atoms with E-state index in [0.717, 1.165) is 13.1 Å². The second-order valence-corrected chi connectivity index (χ2v) is 7.82. The average molecular weight is 433 g/mol. The summed E-state index contributed by atoms with van der Waals surface area (Å²) >= 11 is 0. The van der Waals surface area contributed by atoms with Crippen molar-refractivity contribution in [2.75, 3.05) is 39.9 Å². The van der Waals surface area contributed by atoms with Crippen LogP contribution in [0.5, 0.6) is 0 Å². The number of hydrogen-bond acceptors (Lipinski definition) is 5. The predicted octanol–water partition coefficient (Wildman–Crippen LogP) is 2.44. The zero-order chi connectivity index (χ0) is 22.3. The van der Waals surface area contributed by atoms with Crippen LogP contribution in [0.4, 0.5) is 0 Å². The maximum atomic E-state index is 13.1. The highest BCUT2D eigenvalue weighted by Crippen LogP contribution is 2.29. The molecule has 0 atom stereocenters. The number of hydrogen-bond donors (Lipinski definition) is 0. The highest BCUT2D eigenvalue weighted by molar-refractivity contribution is 5.92. The first-order chi connectivity index (χ1) is 15.7. The Bertz CT molecular complexity index is 1040. The van der Waals surface area contributed by atoms with Crippen molar-refractivity contribution in [1.29, 1.82) is 0 Å². The Kier molecular flexibility index (Phi) is 7.09. The molecule has 0 unspecified atom stereocenters. The molecule has 0 aliphatic carbocycles. The van der Waals surface area contributed by atoms with Crippen molar-refractivity contribution in [3.8, 4) is 0 Å². The summed E-state index contributed by atoms with van der Waals surface area (Å²) in [6, 6.07) is 24.0. The molecule has 1 amide bonds. The fourth-order valence-electron chi connectivity index (χ4n) is 4.13. The number of carbonyl (C=O) groups is 1. The normalized spacial score (nSPS) is 14.6. The number of benzene rings is 2. The Morgan fingerprint density at radius 3 is 2.06 bits per heavy atom. The molecule has 1 fully saturated rings. The lowest BCUT2D eigenvalue weighted by molar-refractivity contribution is 0.0588. The van der Waals surface area contributed by atoms with Gasteiger partial charge >= 0.3 is 0 Å². The number of ether oxygens (including phenoxy) is 1. The molecule has 0 radical (unpaired) electrons. The zero-order valence-electron chi connectivity index (χ0n) is 18.3. The lowest BCUT2D eigenvalue weighted by atomic mass is 9.96. The molecule has 0 spiro atoms. The van der Waals surface area contributed by atoms with E-state index in [4.69, 9.17) is 4.74 Å². The minimum Gasteiger partial charge on any atom is -0.383 e. The number of methoxy groups -OCH3 is 1. The second-order valence-electron chi connectivity index (χ2n) is 7.82. The standard InChI is InChI=1S/C25H28N4O3/c1-32-19-18-29-23(30)13-12-22(26-29)25(31)28-16-14-27(15-17-28)24(20-8-4-2-5-9-20)21-10-6-3-7-11-21/h2-13,24H,14-19H2,1H3. The third kappa shape index (κ3) is 4.95. The van der Waals surface area contributed by atoms with Crippen molar-refractivity contribution >= 4 is 5.91 Å². The summed E-state index contributed by atoms with van der Waals surface area (Å²) < 4.78 is 6.31. The van der Waals surface area contributed by atoms with Crippen molar-refractivity contribution in [1.82, 2.24) is 19.6 Å². The molecule has 0 N–H and O–H groups in total. The minimum atomic E-state index is -0.239. The van der Waals surface area contributed by atoms with Gasteiger partial charge in [0.1, 0.15) is 5.69 Å². The average Bonchev–Trinajstić information content (AvgIpc) is 2.85. The lowest BCUT2D eigenvalue weighted by Crippen LogP contribution is -2.50. The van der Waals surface area contributed by atoms with Crippen molar-refractivity contribution < 1.29 is 9.53 Å². The van der Waals surface area contributed by atoms with Crippen LogP contribution in [-0.4, -0.2) is 65.4 Å². The van der Waals surface area contributed by atoms with Crippen LogP contribution in [0.2, 0.25) is 0 Å². The van der Waals surface area contributed by atoms with Crippen molar-refractivity contribution in [3.63, 3.8) is 0 Å². The molecule has 0 bridgehead atoms. The van der Waals surface area contributed by atoms with Gasteiger partial charge in [0.15, 0.2) is 0 Å². The van der Waals surface area contributed by atoms with Gasteiger partial charge in [0.05, 0.1) is 19.2 Å². The van der Waals surface area contributed by atoms with E-state index in [1.807, 2.05) is 17.0 Å². The predicted molar refractivity (Wildman–Crippen MR) is 123 cm³/mol. The fourth-order valence-corrected chi connectivity index (χ4v) is 4.13. The first-order valence-corrected chi connectivity index (χ1v) is 10.9. The van der Waals surface area contributed by atoms with E-state index in [-0.39, 0.29) is 23.2 Å². The molecular formula is C25H28N4O3. The maximum Gasteiger partial charge on any atom is 0.274 e. The summed E-state index contributed by atoms with van der Waals surface area (Å²) in [4.78, 5) is 29.3. The Hall–Kier alpha value is -3.29. The molecule has 2 aromatic carbocycles. The Morgan fingerprint density at radius 1 is 0.906 bits per heavy atom. The Labute approximate surface area is 187 Å². The molecule has 2 heterocycles. The van der Waals surface area contributed by atoms with E-state index in [1.54, 1.807) is 7.11 Å². The molecular weight excluding hydrogens is 404 g/mol. The largest absolute Gasteiger partial charge is 0.383 e. The zero-order valence-corrected chi connectivity index (χ0v) is 18.3. The van der Waals surface area contributed by atoms with E-state index < -0.39 is 0 Å². The van der Waals surface area contributed by atoms with Crippen LogP contribution in [0.15, 0.2) is 77.6 Å². The maximum absolute atomic E-state index is 13.1. The first-order valence-electron chi connectivity index (χ1n) is 10.9. The molecule has 7 heteroatoms. The molecule has 0 saturated carbocycles. The molecule has 1 aliphatic rings. The van der Waals surface area contributed by atoms with Gasteiger partial charge in [0, 0.05) is 39.4 Å². The second kappa shape index (κ2) is 10.3. The molecule has 7 nitrogen and oxygen atoms in total. The van der Waals surface area contributed by atoms with Crippen LogP contribution in [0.25, 0.3) is 0 Å². The van der Waals surface area contributed by atoms with Gasteiger partial charge in [0.25, 0.3) is 11.5 Å². The number of rotatable bonds is 7. The van der Waals surface area contributed by atoms with Crippen molar-refractivity contribution in [3.05, 3.63) is 100.0 Å². The smallest absolute Gasteiger partial charge is 0.274 e. The van der Waals surface area contributed by atoms with Crippen LogP contribution < -0.4 is 5.56 Å². The van der Waals surface area contributed by atoms with E-state index in [9.17, 15) is 9.59 Å². The number of nitrogens with zero attached hydrogens (tertiary/aromatic N) is 4. The van der Waals surface area contributed by atoms with Gasteiger partial charge in [-0.3, -0.25) is 14.5 Å². The minimum absolute atomic E-state index is 0.142. The lowest BCUT2D eigenvalue weighted by Gasteiger charge is -2.39. The van der Waals surface area contributed by atoms with E-state index in [0.29, 0.717) is 26.2 Å². The van der Waals surface area contributed by atoms with E-state index in [1.165, 1.54) is 27.9 Å². The van der Waals surface area contributed by atoms with Gasteiger partial charge in [0.2, 0.25) is 0 Å². The summed E-state index contributed by atoms with van der Waals surface area (Å²) in [6.07, 6.45) is 0. The highest BCUT2D eigenvalue weighted by atomic mass is 16.5. The number of aromatic nitrogens is 2. The van der Waals surface area contributed by atoms with Gasteiger partial charge in [-0.15, -0.1) is 0 Å². The third-order valence-electron chi connectivity index (χ3n) is 5.79. The third-order valence-corrected chi connectivity index (χ3v) is 5.79. The van der Waals surface area contributed by atoms with Gasteiger partial charge in [-0.2, -0.15) is 5.10 Å². The monoisotopic (exact) mass is 432 g/mol. The van der Waals surface area contributed by atoms with Crippen LogP contribution >= 0.6 is 0 Å². The van der Waals surface area contributed by atoms with Gasteiger partial charge in [-0.05, 0) is 17.2 Å². The van der Waals surface area contributed by atoms with Crippen molar-refractivity contribution in [2.24, 2.45) is 0 Å². The first kappa shape index (κ1) is 21.9. The summed E-state index contributed by atoms with van der Waals surface area (Å²) in [5.41, 5.74) is 2.53. The van der Waals surface area contributed by atoms with Crippen molar-refractivity contribution in [2.45, 2.75) is 12.6 Å². The van der Waals surface area contributed by atoms with Crippen LogP contribution in [-0.2, 0) is 11.3 Å². The topological polar surface area (TPSA) is 67.7 Å². The molecule has 3 aromatic rings. The summed E-state index contributed by atoms with van der Waals surface area (Å²) in [5, 5.41) is 4.25. The molecule has 32 heavy (non-hydrogen) atoms. The number of amides is 1. The summed E-state index contributed by atoms with van der Waals surface area (Å²) in [5.74, 6) is -0.146. The molecule has 1 saturated heterocycles. The highest BCUT2D eigenvalue weighted by Gasteiger charge is 2.29. The van der Waals surface area contributed by atoms with Gasteiger partial charge in [-0.1, -0.05) is 60.7 Å². The van der Waals surface area contributed by atoms with Crippen LogP contribution in [0.3, 0.4) is 0 Å². The molecule has 1 aromatic heterocycles. The molecule has 166 valence electrons. The molecule has 4 rings (SSSR count). The fraction of sp³-hybridized carbons (Fsp3) is 0.320. The quantitative estimate of drug-likeness (QED) is 0.574. The summed E-state index contributed by atoms with van der Waals surface area (Å²) in [6.45, 7) is 3.40. The number of carbonyl (C=O) groups excluding carboxylic acids is 1. The summed E-state index contributed by atoms with van der Waals surface area (Å²) in [7, 11) is 1.57. The SMILES string of the molecule is COCCn1nc(C(=O)N2CCN(C(c3ccccc3)c3ccccc3)CC2)ccc1=O. The van der Waals surface area contributed by atoms with Gasteiger partial charge in [-0.25, -0.2) is 4.68 Å². The number of piperazine rings is 1. The Morgan fingerprint density at radius 2 is 1.50 bits per heavy atom. The van der Waals surface area contributed by atoms with E-state index >= 15 is 0 Å². The van der Waals surface area contributed by atoms with Crippen LogP contribution in [0, 0.1) is 0 Å². The Balaban J connectivity index is 1.48. The van der Waals surface area contributed by atoms with Crippen LogP contribution in [0.1, 0.15) is 27.7 Å². The van der Waals surface area contributed by atoms with E-state index in [2.05, 4.69) is 58.5 Å². The molecule has 1 aliphatic heterocycles. The van der Waals surface area contributed by atoms with Gasteiger partial charge < -0.3 is 9.64 Å².